The van der Waals surface area contributed by atoms with Gasteiger partial charge in [0.05, 0.1) is 0 Å². The van der Waals surface area contributed by atoms with E-state index < -0.39 is 16.7 Å². The molecule has 4 heteroatoms. The van der Waals surface area contributed by atoms with Crippen LogP contribution in [-0.4, -0.2) is 15.9 Å². The summed E-state index contributed by atoms with van der Waals surface area (Å²) in [4.78, 5) is 10.9. The number of rotatable bonds is 5. The second-order valence-corrected chi connectivity index (χ2v) is 6.69. The molecule has 0 aliphatic heterocycles. The Morgan fingerprint density at radius 1 is 1.10 bits per heavy atom. The summed E-state index contributed by atoms with van der Waals surface area (Å²) in [5.74, 6) is -0.287. The van der Waals surface area contributed by atoms with E-state index in [9.17, 15) is 9.00 Å². The highest BCUT2D eigenvalue weighted by atomic mass is 32.2. The van der Waals surface area contributed by atoms with Gasteiger partial charge < -0.3 is 5.73 Å². The van der Waals surface area contributed by atoms with Crippen molar-refractivity contribution in [3.63, 3.8) is 0 Å². The molecule has 0 unspecified atom stereocenters. The molecule has 0 spiro atoms. The fraction of sp³-hybridized carbons (Fsp3) is 0.235. The minimum absolute atomic E-state index is 0.0961. The molecule has 0 saturated heterocycles. The number of hydrogen-bond donors (Lipinski definition) is 1. The Hall–Kier alpha value is -1.94. The van der Waals surface area contributed by atoms with E-state index in [1.54, 1.807) is 0 Å². The SMILES string of the molecule is Cc1cc(C)cc(-c2ccccc2C[S@](=O)CC(N)=O)c1. The average Bonchev–Trinajstić information content (AvgIpc) is 2.37. The van der Waals surface area contributed by atoms with Crippen molar-refractivity contribution in [1.29, 1.82) is 0 Å². The zero-order valence-corrected chi connectivity index (χ0v) is 13.1. The molecule has 0 bridgehead atoms. The highest BCUT2D eigenvalue weighted by Crippen LogP contribution is 2.26. The van der Waals surface area contributed by atoms with Crippen LogP contribution < -0.4 is 5.73 Å². The molecule has 21 heavy (non-hydrogen) atoms. The maximum absolute atomic E-state index is 12.0. The van der Waals surface area contributed by atoms with Crippen LogP contribution in [0.3, 0.4) is 0 Å². The van der Waals surface area contributed by atoms with Crippen LogP contribution in [0, 0.1) is 13.8 Å². The smallest absolute Gasteiger partial charge is 0.230 e. The molecule has 0 saturated carbocycles. The third kappa shape index (κ3) is 4.26. The summed E-state index contributed by atoms with van der Waals surface area (Å²) in [7, 11) is -1.27. The number of carbonyl (C=O) groups excluding carboxylic acids is 1. The van der Waals surface area contributed by atoms with Crippen LogP contribution in [-0.2, 0) is 21.3 Å². The van der Waals surface area contributed by atoms with Crippen LogP contribution in [0.1, 0.15) is 16.7 Å². The van der Waals surface area contributed by atoms with E-state index in [2.05, 4.69) is 32.0 Å². The van der Waals surface area contributed by atoms with E-state index in [1.807, 2.05) is 24.3 Å². The van der Waals surface area contributed by atoms with E-state index in [0.29, 0.717) is 5.75 Å². The number of aryl methyl sites for hydroxylation is 2. The van der Waals surface area contributed by atoms with Gasteiger partial charge in [-0.1, -0.05) is 53.6 Å². The zero-order chi connectivity index (χ0) is 15.4. The summed E-state index contributed by atoms with van der Waals surface area (Å²) >= 11 is 0. The van der Waals surface area contributed by atoms with Crippen molar-refractivity contribution in [3.8, 4) is 11.1 Å². The molecule has 110 valence electrons. The van der Waals surface area contributed by atoms with Crippen molar-refractivity contribution in [3.05, 3.63) is 59.2 Å². The monoisotopic (exact) mass is 301 g/mol. The van der Waals surface area contributed by atoms with Gasteiger partial charge in [-0.2, -0.15) is 0 Å². The lowest BCUT2D eigenvalue weighted by Crippen LogP contribution is -2.20. The summed E-state index contributed by atoms with van der Waals surface area (Å²) in [6.45, 7) is 4.12. The highest BCUT2D eigenvalue weighted by molar-refractivity contribution is 7.84. The number of carbonyl (C=O) groups is 1. The topological polar surface area (TPSA) is 60.2 Å². The Balaban J connectivity index is 2.36. The first kappa shape index (κ1) is 15.4. The Morgan fingerprint density at radius 3 is 2.33 bits per heavy atom. The molecular formula is C17H19NO2S. The Labute approximate surface area is 127 Å². The molecule has 2 N–H and O–H groups in total. The maximum Gasteiger partial charge on any atom is 0.230 e. The van der Waals surface area contributed by atoms with Gasteiger partial charge in [-0.15, -0.1) is 0 Å². The fourth-order valence-corrected chi connectivity index (χ4v) is 3.46. The minimum atomic E-state index is -1.27. The van der Waals surface area contributed by atoms with Crippen molar-refractivity contribution in [2.75, 3.05) is 5.75 Å². The summed E-state index contributed by atoms with van der Waals surface area (Å²) in [5.41, 5.74) is 10.6. The van der Waals surface area contributed by atoms with Gasteiger partial charge >= 0.3 is 0 Å². The molecule has 0 aromatic heterocycles. The average molecular weight is 301 g/mol. The molecule has 2 rings (SSSR count). The van der Waals surface area contributed by atoms with Crippen LogP contribution in [0.2, 0.25) is 0 Å². The first-order valence-electron chi connectivity index (χ1n) is 6.75. The quantitative estimate of drug-likeness (QED) is 0.923. The predicted octanol–water partition coefficient (Wildman–Crippen LogP) is 2.70. The number of amides is 1. The van der Waals surface area contributed by atoms with Crippen LogP contribution >= 0.6 is 0 Å². The third-order valence-electron chi connectivity index (χ3n) is 3.17. The molecule has 2 aromatic rings. The fourth-order valence-electron chi connectivity index (χ4n) is 2.44. The molecule has 1 amide bonds. The lowest BCUT2D eigenvalue weighted by Gasteiger charge is -2.11. The molecule has 2 aromatic carbocycles. The van der Waals surface area contributed by atoms with E-state index in [1.165, 1.54) is 11.1 Å². The van der Waals surface area contributed by atoms with Gasteiger partial charge in [-0.3, -0.25) is 9.00 Å². The number of primary amides is 1. The van der Waals surface area contributed by atoms with Gasteiger partial charge in [0, 0.05) is 16.6 Å². The number of hydrogen-bond acceptors (Lipinski definition) is 2. The van der Waals surface area contributed by atoms with E-state index >= 15 is 0 Å². The second kappa shape index (κ2) is 6.68. The van der Waals surface area contributed by atoms with Gasteiger partial charge in [-0.05, 0) is 30.5 Å². The van der Waals surface area contributed by atoms with Crippen molar-refractivity contribution < 1.29 is 9.00 Å². The molecule has 0 aliphatic carbocycles. The third-order valence-corrected chi connectivity index (χ3v) is 4.41. The van der Waals surface area contributed by atoms with E-state index in [-0.39, 0.29) is 5.75 Å². The molecule has 0 aliphatic rings. The van der Waals surface area contributed by atoms with Crippen molar-refractivity contribution in [1.82, 2.24) is 0 Å². The molecule has 0 fully saturated rings. The van der Waals surface area contributed by atoms with Gasteiger partial charge in [0.15, 0.2) is 0 Å². The molecular weight excluding hydrogens is 282 g/mol. The van der Waals surface area contributed by atoms with Crippen molar-refractivity contribution in [2.45, 2.75) is 19.6 Å². The first-order valence-corrected chi connectivity index (χ1v) is 8.24. The second-order valence-electron chi connectivity index (χ2n) is 5.23. The molecule has 3 nitrogen and oxygen atoms in total. The highest BCUT2D eigenvalue weighted by Gasteiger charge is 2.10. The van der Waals surface area contributed by atoms with Gasteiger partial charge in [-0.25, -0.2) is 0 Å². The summed E-state index contributed by atoms with van der Waals surface area (Å²) in [5, 5.41) is 0. The summed E-state index contributed by atoms with van der Waals surface area (Å²) in [6, 6.07) is 14.2. The van der Waals surface area contributed by atoms with E-state index in [0.717, 1.165) is 16.7 Å². The van der Waals surface area contributed by atoms with Gasteiger partial charge in [0.25, 0.3) is 0 Å². The summed E-state index contributed by atoms with van der Waals surface area (Å²) < 4.78 is 12.0. The predicted molar refractivity (Wildman–Crippen MR) is 87.3 cm³/mol. The standard InChI is InChI=1S/C17H19NO2S/c1-12-7-13(2)9-15(8-12)16-6-4-3-5-14(16)10-21(20)11-17(18)19/h3-9H,10-11H2,1-2H3,(H2,18,19)/t21-/m0/s1. The molecule has 0 heterocycles. The largest absolute Gasteiger partial charge is 0.369 e. The Kier molecular flexibility index (Phi) is 4.91. The lowest BCUT2D eigenvalue weighted by atomic mass is 9.97. The molecule has 0 radical (unpaired) electrons. The van der Waals surface area contributed by atoms with Crippen LogP contribution in [0.15, 0.2) is 42.5 Å². The zero-order valence-electron chi connectivity index (χ0n) is 12.3. The van der Waals surface area contributed by atoms with Crippen LogP contribution in [0.25, 0.3) is 11.1 Å². The summed E-state index contributed by atoms with van der Waals surface area (Å²) in [6.07, 6.45) is 0. The first-order chi connectivity index (χ1) is 9.95. The van der Waals surface area contributed by atoms with Crippen molar-refractivity contribution in [2.24, 2.45) is 5.73 Å². The van der Waals surface area contributed by atoms with Gasteiger partial charge in [0.1, 0.15) is 5.75 Å². The van der Waals surface area contributed by atoms with Crippen LogP contribution in [0.5, 0.6) is 0 Å². The number of benzene rings is 2. The Bertz CT molecular complexity index is 675. The van der Waals surface area contributed by atoms with Gasteiger partial charge in [0.2, 0.25) is 5.91 Å². The van der Waals surface area contributed by atoms with Crippen molar-refractivity contribution >= 4 is 16.7 Å². The van der Waals surface area contributed by atoms with E-state index in [4.69, 9.17) is 5.73 Å². The lowest BCUT2D eigenvalue weighted by molar-refractivity contribution is -0.115. The maximum atomic E-state index is 12.0. The normalized spacial score (nSPS) is 12.1. The molecule has 1 atom stereocenters. The Morgan fingerprint density at radius 2 is 1.71 bits per heavy atom. The van der Waals surface area contributed by atoms with Crippen LogP contribution in [0.4, 0.5) is 0 Å². The number of nitrogens with two attached hydrogens (primary N) is 1. The minimum Gasteiger partial charge on any atom is -0.369 e.